The van der Waals surface area contributed by atoms with Gasteiger partial charge in [0, 0.05) is 19.6 Å². The van der Waals surface area contributed by atoms with Gasteiger partial charge in [0.15, 0.2) is 5.11 Å². The van der Waals surface area contributed by atoms with Crippen LogP contribution in [0, 0.1) is 5.92 Å². The number of rotatable bonds is 0. The average Bonchev–Trinajstić information content (AvgIpc) is 2.69. The maximum Gasteiger partial charge on any atom is 0.410 e. The summed E-state index contributed by atoms with van der Waals surface area (Å²) in [7, 11) is 0. The Bertz CT molecular complexity index is 381. The molecule has 6 heteroatoms. The number of fused-ring (bicyclic) bond motifs is 1. The highest BCUT2D eigenvalue weighted by atomic mass is 32.1. The smallest absolute Gasteiger partial charge is 0.410 e. The van der Waals surface area contributed by atoms with Crippen LogP contribution in [0.5, 0.6) is 0 Å². The van der Waals surface area contributed by atoms with Crippen molar-refractivity contribution in [1.82, 2.24) is 9.80 Å². The molecule has 0 saturated carbocycles. The first-order chi connectivity index (χ1) is 8.78. The van der Waals surface area contributed by atoms with E-state index in [4.69, 9.17) is 22.7 Å². The maximum absolute atomic E-state index is 12.3. The van der Waals surface area contributed by atoms with Crippen LogP contribution >= 0.6 is 12.2 Å². The molecule has 2 aliphatic rings. The zero-order chi connectivity index (χ0) is 14.2. The van der Waals surface area contributed by atoms with E-state index in [0.717, 1.165) is 32.5 Å². The molecule has 0 spiro atoms. The van der Waals surface area contributed by atoms with Crippen LogP contribution in [-0.2, 0) is 4.74 Å². The summed E-state index contributed by atoms with van der Waals surface area (Å²) in [6, 6.07) is 0.185. The largest absolute Gasteiger partial charge is 0.444 e. The van der Waals surface area contributed by atoms with E-state index < -0.39 is 5.60 Å². The van der Waals surface area contributed by atoms with Crippen molar-refractivity contribution in [3.8, 4) is 0 Å². The Hall–Kier alpha value is -1.04. The summed E-state index contributed by atoms with van der Waals surface area (Å²) < 4.78 is 5.49. The fourth-order valence-electron chi connectivity index (χ4n) is 2.91. The summed E-state index contributed by atoms with van der Waals surface area (Å²) in [5.74, 6) is 0.461. The number of likely N-dealkylation sites (tertiary alicyclic amines) is 2. The van der Waals surface area contributed by atoms with E-state index >= 15 is 0 Å². The molecule has 19 heavy (non-hydrogen) atoms. The topological polar surface area (TPSA) is 58.8 Å². The number of hydrogen-bond donors (Lipinski definition) is 1. The van der Waals surface area contributed by atoms with Crippen LogP contribution in [0.15, 0.2) is 0 Å². The Morgan fingerprint density at radius 3 is 2.63 bits per heavy atom. The van der Waals surface area contributed by atoms with Crippen LogP contribution in [0.3, 0.4) is 0 Å². The van der Waals surface area contributed by atoms with E-state index in [0.29, 0.717) is 11.0 Å². The fraction of sp³-hybridized carbons (Fsp3) is 0.846. The summed E-state index contributed by atoms with van der Waals surface area (Å²) in [5.41, 5.74) is 5.25. The minimum Gasteiger partial charge on any atom is -0.444 e. The number of amides is 1. The van der Waals surface area contributed by atoms with E-state index in [1.165, 1.54) is 0 Å². The molecule has 2 atom stereocenters. The van der Waals surface area contributed by atoms with Gasteiger partial charge in [-0.15, -0.1) is 0 Å². The van der Waals surface area contributed by atoms with Crippen LogP contribution in [0.4, 0.5) is 4.79 Å². The van der Waals surface area contributed by atoms with Crippen LogP contribution in [0.2, 0.25) is 0 Å². The molecule has 5 nitrogen and oxygen atoms in total. The summed E-state index contributed by atoms with van der Waals surface area (Å²) in [5, 5.41) is 0.429. The second kappa shape index (κ2) is 5.15. The van der Waals surface area contributed by atoms with Gasteiger partial charge >= 0.3 is 6.09 Å². The average molecular weight is 285 g/mol. The first kappa shape index (κ1) is 14.4. The number of nitrogens with zero attached hydrogens (tertiary/aromatic N) is 2. The number of hydrogen-bond acceptors (Lipinski definition) is 3. The molecule has 0 radical (unpaired) electrons. The highest BCUT2D eigenvalue weighted by Crippen LogP contribution is 2.31. The number of ether oxygens (including phenoxy) is 1. The number of nitrogens with two attached hydrogens (primary N) is 1. The fourth-order valence-corrected chi connectivity index (χ4v) is 3.06. The molecular formula is C13H23N3O2S. The van der Waals surface area contributed by atoms with E-state index in [2.05, 4.69) is 0 Å². The van der Waals surface area contributed by atoms with Gasteiger partial charge in [-0.25, -0.2) is 4.79 Å². The standard InChI is InChI=1S/C13H23N3O2S/c1-13(2,3)18-12(17)16-6-4-5-9-7-15(11(14)19)8-10(9)16/h9-10H,4-8H2,1-3H3,(H2,14,19). The lowest BCUT2D eigenvalue weighted by molar-refractivity contribution is 0.00642. The first-order valence-corrected chi connectivity index (χ1v) is 7.23. The lowest BCUT2D eigenvalue weighted by Crippen LogP contribution is -2.50. The number of thiocarbonyl (C=S) groups is 1. The molecule has 2 unspecified atom stereocenters. The van der Waals surface area contributed by atoms with Crippen molar-refractivity contribution < 1.29 is 9.53 Å². The molecule has 2 aliphatic heterocycles. The molecule has 2 N–H and O–H groups in total. The van der Waals surface area contributed by atoms with Gasteiger partial charge in [-0.2, -0.15) is 0 Å². The number of carbonyl (C=O) groups excluding carboxylic acids is 1. The molecule has 108 valence electrons. The maximum atomic E-state index is 12.3. The van der Waals surface area contributed by atoms with Crippen LogP contribution in [-0.4, -0.2) is 52.3 Å². The summed E-state index contributed by atoms with van der Waals surface area (Å²) in [4.78, 5) is 16.1. The molecule has 0 aromatic heterocycles. The lowest BCUT2D eigenvalue weighted by Gasteiger charge is -2.37. The molecule has 2 rings (SSSR count). The van der Waals surface area contributed by atoms with Crippen LogP contribution < -0.4 is 5.73 Å². The van der Waals surface area contributed by atoms with Gasteiger partial charge in [-0.3, -0.25) is 0 Å². The van der Waals surface area contributed by atoms with E-state index in [1.54, 1.807) is 0 Å². The molecule has 1 amide bonds. The van der Waals surface area contributed by atoms with Crippen LogP contribution in [0.1, 0.15) is 33.6 Å². The zero-order valence-electron chi connectivity index (χ0n) is 11.9. The SMILES string of the molecule is CC(C)(C)OC(=O)N1CCCC2CN(C(N)=S)CC21. The summed E-state index contributed by atoms with van der Waals surface area (Å²) in [6.07, 6.45) is 1.93. The van der Waals surface area contributed by atoms with E-state index in [-0.39, 0.29) is 12.1 Å². The Morgan fingerprint density at radius 1 is 1.37 bits per heavy atom. The molecule has 2 heterocycles. The van der Waals surface area contributed by atoms with Crippen molar-refractivity contribution in [2.45, 2.75) is 45.3 Å². The highest BCUT2D eigenvalue weighted by Gasteiger charge is 2.42. The van der Waals surface area contributed by atoms with Crippen molar-refractivity contribution >= 4 is 23.4 Å². The summed E-state index contributed by atoms with van der Waals surface area (Å²) >= 11 is 5.04. The quantitative estimate of drug-likeness (QED) is 0.685. The zero-order valence-corrected chi connectivity index (χ0v) is 12.7. The molecule has 0 aromatic rings. The highest BCUT2D eigenvalue weighted by molar-refractivity contribution is 7.80. The predicted octanol–water partition coefficient (Wildman–Crippen LogP) is 1.56. The van der Waals surface area contributed by atoms with Crippen molar-refractivity contribution in [3.05, 3.63) is 0 Å². The Morgan fingerprint density at radius 2 is 2.05 bits per heavy atom. The van der Waals surface area contributed by atoms with Crippen molar-refractivity contribution in [2.75, 3.05) is 19.6 Å². The molecule has 2 fully saturated rings. The lowest BCUT2D eigenvalue weighted by atomic mass is 9.92. The van der Waals surface area contributed by atoms with Gasteiger partial charge in [-0.1, -0.05) is 0 Å². The third-order valence-corrected chi connectivity index (χ3v) is 3.98. The van der Waals surface area contributed by atoms with Gasteiger partial charge in [-0.05, 0) is 51.7 Å². The van der Waals surface area contributed by atoms with Gasteiger partial charge < -0.3 is 20.3 Å². The third kappa shape index (κ3) is 3.29. The summed E-state index contributed by atoms with van der Waals surface area (Å²) in [6.45, 7) is 8.03. The second-order valence-electron chi connectivity index (χ2n) is 6.39. The van der Waals surface area contributed by atoms with Gasteiger partial charge in [0.1, 0.15) is 5.60 Å². The van der Waals surface area contributed by atoms with Crippen molar-refractivity contribution in [2.24, 2.45) is 11.7 Å². The predicted molar refractivity (Wildman–Crippen MR) is 77.8 cm³/mol. The minimum atomic E-state index is -0.453. The Balaban J connectivity index is 2.05. The molecule has 0 aliphatic carbocycles. The van der Waals surface area contributed by atoms with Gasteiger partial charge in [0.2, 0.25) is 0 Å². The molecule has 2 saturated heterocycles. The van der Waals surface area contributed by atoms with E-state index in [1.807, 2.05) is 30.6 Å². The third-order valence-electron chi connectivity index (χ3n) is 3.72. The molecule has 0 bridgehead atoms. The van der Waals surface area contributed by atoms with Crippen molar-refractivity contribution in [1.29, 1.82) is 0 Å². The molecule has 0 aromatic carbocycles. The Labute approximate surface area is 120 Å². The minimum absolute atomic E-state index is 0.185. The van der Waals surface area contributed by atoms with Gasteiger partial charge in [0.25, 0.3) is 0 Å². The van der Waals surface area contributed by atoms with Gasteiger partial charge in [0.05, 0.1) is 6.04 Å². The first-order valence-electron chi connectivity index (χ1n) is 6.82. The monoisotopic (exact) mass is 285 g/mol. The van der Waals surface area contributed by atoms with Crippen LogP contribution in [0.25, 0.3) is 0 Å². The number of piperidine rings is 1. The van der Waals surface area contributed by atoms with Crippen molar-refractivity contribution in [3.63, 3.8) is 0 Å². The second-order valence-corrected chi connectivity index (χ2v) is 6.80. The van der Waals surface area contributed by atoms with E-state index in [9.17, 15) is 4.79 Å². The molecular weight excluding hydrogens is 262 g/mol. The Kier molecular flexibility index (Phi) is 3.90. The normalized spacial score (nSPS) is 27.1. The number of carbonyl (C=O) groups is 1.